The van der Waals surface area contributed by atoms with Gasteiger partial charge in [0.25, 0.3) is 5.91 Å². The van der Waals surface area contributed by atoms with Gasteiger partial charge in [0.2, 0.25) is 0 Å². The molecule has 23 heavy (non-hydrogen) atoms. The van der Waals surface area contributed by atoms with Gasteiger partial charge >= 0.3 is 0 Å². The van der Waals surface area contributed by atoms with Crippen molar-refractivity contribution in [3.63, 3.8) is 0 Å². The molecule has 3 rings (SSSR count). The number of carbonyl (C=O) groups excluding carboxylic acids is 1. The normalized spacial score (nSPS) is 10.8. The zero-order valence-electron chi connectivity index (χ0n) is 12.3. The summed E-state index contributed by atoms with van der Waals surface area (Å²) >= 11 is 1.39. The number of hydrogen-bond acceptors (Lipinski definition) is 4. The highest BCUT2D eigenvalue weighted by atomic mass is 32.1. The van der Waals surface area contributed by atoms with Gasteiger partial charge in [0.05, 0.1) is 16.8 Å². The fraction of sp³-hybridized carbons (Fsp3) is 0. The molecule has 0 atom stereocenters. The summed E-state index contributed by atoms with van der Waals surface area (Å²) in [6.07, 6.45) is 1.60. The van der Waals surface area contributed by atoms with E-state index in [2.05, 4.69) is 10.5 Å². The summed E-state index contributed by atoms with van der Waals surface area (Å²) in [6, 6.07) is 21.2. The highest BCUT2D eigenvalue weighted by molar-refractivity contribution is 7.19. The molecular weight excluding hydrogens is 306 g/mol. The summed E-state index contributed by atoms with van der Waals surface area (Å²) in [4.78, 5) is 13.2. The van der Waals surface area contributed by atoms with Crippen LogP contribution in [0.4, 0.5) is 5.00 Å². The molecule has 0 unspecified atom stereocenters. The van der Waals surface area contributed by atoms with Crippen molar-refractivity contribution in [1.29, 1.82) is 0 Å². The lowest BCUT2D eigenvalue weighted by molar-refractivity contribution is 0.0956. The molecule has 0 bridgehead atoms. The molecule has 0 radical (unpaired) electrons. The van der Waals surface area contributed by atoms with Crippen molar-refractivity contribution in [2.24, 2.45) is 5.10 Å². The van der Waals surface area contributed by atoms with E-state index < -0.39 is 0 Å². The molecule has 2 aromatic carbocycles. The molecule has 3 aromatic rings. The summed E-state index contributed by atoms with van der Waals surface area (Å²) in [6.45, 7) is 0. The Bertz CT molecular complexity index is 826. The minimum absolute atomic E-state index is 0.312. The van der Waals surface area contributed by atoms with Crippen LogP contribution in [0.3, 0.4) is 0 Å². The quantitative estimate of drug-likeness (QED) is 0.567. The first-order valence-corrected chi connectivity index (χ1v) is 7.89. The van der Waals surface area contributed by atoms with E-state index >= 15 is 0 Å². The average molecular weight is 321 g/mol. The summed E-state index contributed by atoms with van der Waals surface area (Å²) in [5.74, 6) is -0.312. The van der Waals surface area contributed by atoms with E-state index in [-0.39, 0.29) is 5.91 Å². The molecule has 4 nitrogen and oxygen atoms in total. The lowest BCUT2D eigenvalue weighted by Gasteiger charge is -1.98. The lowest BCUT2D eigenvalue weighted by atomic mass is 10.1. The van der Waals surface area contributed by atoms with E-state index in [4.69, 9.17) is 5.73 Å². The van der Waals surface area contributed by atoms with Gasteiger partial charge in [-0.1, -0.05) is 60.7 Å². The standard InChI is InChI=1S/C18H15N3OS/c19-17-15(11-16(23-17)14-9-5-2-6-10-14)18(22)21-20-12-13-7-3-1-4-8-13/h1-12H,19H2,(H,21,22)/b20-12+. The molecule has 0 aliphatic rings. The smallest absolute Gasteiger partial charge is 0.274 e. The maximum Gasteiger partial charge on any atom is 0.274 e. The zero-order valence-corrected chi connectivity index (χ0v) is 13.1. The summed E-state index contributed by atoms with van der Waals surface area (Å²) in [5.41, 5.74) is 10.9. The third-order valence-corrected chi connectivity index (χ3v) is 4.26. The Morgan fingerprint density at radius 3 is 2.39 bits per heavy atom. The van der Waals surface area contributed by atoms with Gasteiger partial charge in [-0.3, -0.25) is 4.79 Å². The molecule has 1 heterocycles. The molecular formula is C18H15N3OS. The Morgan fingerprint density at radius 1 is 1.04 bits per heavy atom. The molecule has 0 spiro atoms. The summed E-state index contributed by atoms with van der Waals surface area (Å²) in [7, 11) is 0. The van der Waals surface area contributed by atoms with Crippen LogP contribution in [0.5, 0.6) is 0 Å². The summed E-state index contributed by atoms with van der Waals surface area (Å²) < 4.78 is 0. The van der Waals surface area contributed by atoms with Crippen LogP contribution in [-0.4, -0.2) is 12.1 Å². The average Bonchev–Trinajstić information content (AvgIpc) is 2.98. The van der Waals surface area contributed by atoms with Crippen LogP contribution in [0.1, 0.15) is 15.9 Å². The van der Waals surface area contributed by atoms with E-state index in [9.17, 15) is 4.79 Å². The van der Waals surface area contributed by atoms with Crippen LogP contribution in [-0.2, 0) is 0 Å². The number of amides is 1. The minimum Gasteiger partial charge on any atom is -0.390 e. The third-order valence-electron chi connectivity index (χ3n) is 3.24. The molecule has 1 amide bonds. The Morgan fingerprint density at radius 2 is 1.70 bits per heavy atom. The second-order valence-corrected chi connectivity index (χ2v) is 5.95. The first-order valence-electron chi connectivity index (χ1n) is 7.07. The Kier molecular flexibility index (Phi) is 4.49. The van der Waals surface area contributed by atoms with Crippen LogP contribution >= 0.6 is 11.3 Å². The van der Waals surface area contributed by atoms with Gasteiger partial charge in [0, 0.05) is 4.88 Å². The number of benzene rings is 2. The van der Waals surface area contributed by atoms with Crippen LogP contribution < -0.4 is 11.2 Å². The predicted octanol–water partition coefficient (Wildman–Crippen LogP) is 3.76. The molecule has 5 heteroatoms. The van der Waals surface area contributed by atoms with E-state index in [1.165, 1.54) is 11.3 Å². The lowest BCUT2D eigenvalue weighted by Crippen LogP contribution is -2.17. The van der Waals surface area contributed by atoms with Crippen molar-refractivity contribution in [1.82, 2.24) is 5.43 Å². The monoisotopic (exact) mass is 321 g/mol. The predicted molar refractivity (Wildman–Crippen MR) is 95.7 cm³/mol. The van der Waals surface area contributed by atoms with Crippen LogP contribution in [0.2, 0.25) is 0 Å². The van der Waals surface area contributed by atoms with Gasteiger partial charge in [0.15, 0.2) is 0 Å². The van der Waals surface area contributed by atoms with E-state index in [0.29, 0.717) is 10.6 Å². The van der Waals surface area contributed by atoms with Gasteiger partial charge in [-0.05, 0) is 17.2 Å². The first kappa shape index (κ1) is 15.0. The van der Waals surface area contributed by atoms with Gasteiger partial charge in [-0.25, -0.2) is 5.43 Å². The number of thiophene rings is 1. The number of nitrogens with zero attached hydrogens (tertiary/aromatic N) is 1. The number of carbonyl (C=O) groups is 1. The van der Waals surface area contributed by atoms with Crippen molar-refractivity contribution < 1.29 is 4.79 Å². The molecule has 0 aliphatic carbocycles. The van der Waals surface area contributed by atoms with Crippen LogP contribution in [0, 0.1) is 0 Å². The Hall–Kier alpha value is -2.92. The van der Waals surface area contributed by atoms with E-state index in [0.717, 1.165) is 16.0 Å². The highest BCUT2D eigenvalue weighted by Gasteiger charge is 2.14. The zero-order chi connectivity index (χ0) is 16.1. The van der Waals surface area contributed by atoms with E-state index in [1.807, 2.05) is 60.7 Å². The second kappa shape index (κ2) is 6.89. The SMILES string of the molecule is Nc1sc(-c2ccccc2)cc1C(=O)N/N=C/c1ccccc1. The number of rotatable bonds is 4. The van der Waals surface area contributed by atoms with Crippen molar-refractivity contribution in [2.75, 3.05) is 5.73 Å². The maximum atomic E-state index is 12.2. The Balaban J connectivity index is 1.73. The van der Waals surface area contributed by atoms with E-state index in [1.54, 1.807) is 12.3 Å². The number of hydrazone groups is 1. The number of nitrogens with one attached hydrogen (secondary N) is 1. The molecule has 1 aromatic heterocycles. The molecule has 0 fully saturated rings. The van der Waals surface area contributed by atoms with Gasteiger partial charge in [0.1, 0.15) is 0 Å². The number of hydrogen-bond donors (Lipinski definition) is 2. The van der Waals surface area contributed by atoms with Gasteiger partial charge in [-0.2, -0.15) is 5.10 Å². The van der Waals surface area contributed by atoms with Crippen LogP contribution in [0.25, 0.3) is 10.4 Å². The molecule has 0 aliphatic heterocycles. The van der Waals surface area contributed by atoms with Crippen molar-refractivity contribution in [3.05, 3.63) is 77.9 Å². The molecule has 0 saturated carbocycles. The minimum atomic E-state index is -0.312. The van der Waals surface area contributed by atoms with Crippen molar-refractivity contribution in [3.8, 4) is 10.4 Å². The number of anilines is 1. The summed E-state index contributed by atoms with van der Waals surface area (Å²) in [5, 5.41) is 4.45. The second-order valence-electron chi connectivity index (χ2n) is 4.86. The largest absolute Gasteiger partial charge is 0.390 e. The molecule has 3 N–H and O–H groups in total. The Labute approximate surface area is 138 Å². The molecule has 114 valence electrons. The fourth-order valence-electron chi connectivity index (χ4n) is 2.09. The number of nitrogen functional groups attached to an aromatic ring is 1. The molecule has 0 saturated heterocycles. The highest BCUT2D eigenvalue weighted by Crippen LogP contribution is 2.33. The number of nitrogens with two attached hydrogens (primary N) is 1. The maximum absolute atomic E-state index is 12.2. The fourth-order valence-corrected chi connectivity index (χ4v) is 3.02. The van der Waals surface area contributed by atoms with Gasteiger partial charge in [-0.15, -0.1) is 11.3 Å². The topological polar surface area (TPSA) is 67.5 Å². The van der Waals surface area contributed by atoms with Crippen molar-refractivity contribution in [2.45, 2.75) is 0 Å². The first-order chi connectivity index (χ1) is 11.2. The third kappa shape index (κ3) is 3.64. The van der Waals surface area contributed by atoms with Gasteiger partial charge < -0.3 is 5.73 Å². The van der Waals surface area contributed by atoms with Crippen LogP contribution in [0.15, 0.2) is 71.8 Å². The van der Waals surface area contributed by atoms with Crippen molar-refractivity contribution >= 4 is 28.5 Å².